The smallest absolute Gasteiger partial charge is 0.346 e. The van der Waals surface area contributed by atoms with Crippen molar-refractivity contribution in [2.45, 2.75) is 32.1 Å². The molecule has 24 heavy (non-hydrogen) atoms. The minimum Gasteiger partial charge on any atom is -0.499 e. The lowest BCUT2D eigenvalue weighted by molar-refractivity contribution is 0.0597. The maximum Gasteiger partial charge on any atom is 0.346 e. The number of benzene rings is 1. The highest BCUT2D eigenvalue weighted by molar-refractivity contribution is 7.20. The van der Waals surface area contributed by atoms with Crippen LogP contribution in [0, 0.1) is 5.92 Å². The molecule has 1 N–H and O–H groups in total. The van der Waals surface area contributed by atoms with Crippen molar-refractivity contribution >= 4 is 27.4 Å². The molecule has 1 aromatic heterocycles. The zero-order valence-corrected chi connectivity index (χ0v) is 14.4. The number of hydrogen-bond donors (Lipinski definition) is 1. The maximum atomic E-state index is 12.5. The molecule has 2 aromatic rings. The van der Waals surface area contributed by atoms with Gasteiger partial charge in [0, 0.05) is 10.1 Å². The van der Waals surface area contributed by atoms with E-state index in [0.717, 1.165) is 11.3 Å². The van der Waals surface area contributed by atoms with Crippen LogP contribution in [0.3, 0.4) is 0 Å². The molecule has 5 nitrogen and oxygen atoms in total. The van der Waals surface area contributed by atoms with Gasteiger partial charge in [-0.2, -0.15) is 0 Å². The molecule has 128 valence electrons. The molecule has 0 saturated heterocycles. The molecule has 1 aromatic carbocycles. The normalized spacial score (nSPS) is 15.4. The number of fused-ring (bicyclic) bond motifs is 1. The monoisotopic (exact) mass is 348 g/mol. The lowest BCUT2D eigenvalue weighted by Gasteiger charge is -2.21. The van der Waals surface area contributed by atoms with Gasteiger partial charge in [0.1, 0.15) is 5.75 Å². The van der Waals surface area contributed by atoms with Gasteiger partial charge in [0.15, 0.2) is 10.6 Å². The molecule has 0 spiro atoms. The second kappa shape index (κ2) is 7.21. The van der Waals surface area contributed by atoms with Crippen LogP contribution in [0.15, 0.2) is 23.0 Å². The van der Waals surface area contributed by atoms with Gasteiger partial charge in [-0.25, -0.2) is 4.79 Å². The van der Waals surface area contributed by atoms with Crippen molar-refractivity contribution in [2.75, 3.05) is 13.7 Å². The third kappa shape index (κ3) is 3.38. The molecule has 0 unspecified atom stereocenters. The Morgan fingerprint density at radius 1 is 1.29 bits per heavy atom. The lowest BCUT2D eigenvalue weighted by atomic mass is 9.90. The molecule has 1 heterocycles. The summed E-state index contributed by atoms with van der Waals surface area (Å²) in [5.41, 5.74) is -0.851. The van der Waals surface area contributed by atoms with Gasteiger partial charge < -0.3 is 14.6 Å². The molecule has 0 bridgehead atoms. The van der Waals surface area contributed by atoms with E-state index in [1.807, 2.05) is 0 Å². The number of carbonyl (C=O) groups excluding carboxylic acids is 1. The fourth-order valence-corrected chi connectivity index (χ4v) is 3.99. The highest BCUT2D eigenvalue weighted by atomic mass is 32.1. The Morgan fingerprint density at radius 2 is 2.04 bits per heavy atom. The fourth-order valence-electron chi connectivity index (χ4n) is 3.10. The molecule has 0 aliphatic heterocycles. The quantitative estimate of drug-likeness (QED) is 0.853. The zero-order chi connectivity index (χ0) is 17.1. The average molecular weight is 348 g/mol. The van der Waals surface area contributed by atoms with Gasteiger partial charge in [-0.1, -0.05) is 30.6 Å². The summed E-state index contributed by atoms with van der Waals surface area (Å²) < 4.78 is 11.0. The zero-order valence-electron chi connectivity index (χ0n) is 13.5. The summed E-state index contributed by atoms with van der Waals surface area (Å²) in [7, 11) is 1.18. The molecule has 1 aliphatic rings. The summed E-state index contributed by atoms with van der Waals surface area (Å²) in [6, 6.07) is 5.17. The summed E-state index contributed by atoms with van der Waals surface area (Å²) in [5, 5.41) is 9.96. The number of rotatable bonds is 4. The van der Waals surface area contributed by atoms with Crippen LogP contribution >= 0.6 is 11.3 Å². The van der Waals surface area contributed by atoms with E-state index in [1.165, 1.54) is 39.2 Å². The summed E-state index contributed by atoms with van der Waals surface area (Å²) in [6.45, 7) is 0.644. The van der Waals surface area contributed by atoms with Gasteiger partial charge in [0.2, 0.25) is 5.43 Å². The summed E-state index contributed by atoms with van der Waals surface area (Å²) in [6.07, 6.45) is 6.17. The van der Waals surface area contributed by atoms with E-state index in [1.54, 1.807) is 18.2 Å². The molecule has 1 fully saturated rings. The Bertz CT molecular complexity index is 805. The number of carbonyl (C=O) groups is 1. The second-order valence-electron chi connectivity index (χ2n) is 6.08. The Morgan fingerprint density at radius 3 is 2.75 bits per heavy atom. The summed E-state index contributed by atoms with van der Waals surface area (Å²) in [4.78, 5) is 24.2. The van der Waals surface area contributed by atoms with Gasteiger partial charge in [-0.15, -0.1) is 0 Å². The molecule has 6 heteroatoms. The first-order chi connectivity index (χ1) is 11.6. The van der Waals surface area contributed by atoms with Crippen molar-refractivity contribution in [2.24, 2.45) is 5.92 Å². The molecule has 3 rings (SSSR count). The van der Waals surface area contributed by atoms with Crippen LogP contribution in [0.25, 0.3) is 10.1 Å². The number of aromatic hydroxyl groups is 1. The van der Waals surface area contributed by atoms with Crippen molar-refractivity contribution in [3.05, 3.63) is 34.0 Å². The van der Waals surface area contributed by atoms with E-state index in [9.17, 15) is 14.7 Å². The predicted octanol–water partition coefficient (Wildman–Crippen LogP) is 3.71. The minimum atomic E-state index is -0.829. The standard InChI is InChI=1S/C18H20O5S/c1-22-17(20)15-16(19)13-9-12(7-8-14(13)24-18(15)21)23-10-11-5-3-2-4-6-11/h7-9,11,21H,2-6,10H2,1H3. The highest BCUT2D eigenvalue weighted by Gasteiger charge is 2.20. The first-order valence-electron chi connectivity index (χ1n) is 8.11. The third-order valence-electron chi connectivity index (χ3n) is 4.44. The molecular formula is C18H20O5S. The SMILES string of the molecule is COC(=O)c1c(O)sc2ccc(OCC3CCCCC3)cc2c1=O. The Labute approximate surface area is 143 Å². The lowest BCUT2D eigenvalue weighted by Crippen LogP contribution is -2.17. The van der Waals surface area contributed by atoms with E-state index < -0.39 is 11.4 Å². The van der Waals surface area contributed by atoms with Gasteiger partial charge in [-0.05, 0) is 37.0 Å². The van der Waals surface area contributed by atoms with Gasteiger partial charge >= 0.3 is 5.97 Å². The van der Waals surface area contributed by atoms with Crippen LogP contribution in [-0.4, -0.2) is 24.8 Å². The van der Waals surface area contributed by atoms with Crippen molar-refractivity contribution < 1.29 is 19.4 Å². The molecule has 0 radical (unpaired) electrons. The molecular weight excluding hydrogens is 328 g/mol. The number of ether oxygens (including phenoxy) is 2. The van der Waals surface area contributed by atoms with E-state index in [2.05, 4.69) is 4.74 Å². The predicted molar refractivity (Wildman–Crippen MR) is 93.2 cm³/mol. The highest BCUT2D eigenvalue weighted by Crippen LogP contribution is 2.31. The topological polar surface area (TPSA) is 72.8 Å². The van der Waals surface area contributed by atoms with Crippen molar-refractivity contribution in [1.29, 1.82) is 0 Å². The Hall–Kier alpha value is -2.08. The van der Waals surface area contributed by atoms with E-state index in [0.29, 0.717) is 28.4 Å². The molecule has 1 saturated carbocycles. The minimum absolute atomic E-state index is 0.320. The van der Waals surface area contributed by atoms with Crippen molar-refractivity contribution in [3.63, 3.8) is 0 Å². The van der Waals surface area contributed by atoms with Crippen LogP contribution in [-0.2, 0) is 4.74 Å². The van der Waals surface area contributed by atoms with E-state index in [-0.39, 0.29) is 10.6 Å². The van der Waals surface area contributed by atoms with Crippen LogP contribution in [0.4, 0.5) is 0 Å². The largest absolute Gasteiger partial charge is 0.499 e. The van der Waals surface area contributed by atoms with Crippen LogP contribution in [0.2, 0.25) is 0 Å². The van der Waals surface area contributed by atoms with Crippen LogP contribution in [0.5, 0.6) is 10.8 Å². The first-order valence-corrected chi connectivity index (χ1v) is 8.92. The summed E-state index contributed by atoms with van der Waals surface area (Å²) in [5.74, 6) is 0.345. The van der Waals surface area contributed by atoms with E-state index >= 15 is 0 Å². The Balaban J connectivity index is 1.89. The van der Waals surface area contributed by atoms with Crippen LogP contribution < -0.4 is 10.2 Å². The van der Waals surface area contributed by atoms with Gasteiger partial charge in [0.05, 0.1) is 13.7 Å². The first kappa shape index (κ1) is 16.8. The van der Waals surface area contributed by atoms with Gasteiger partial charge in [0.25, 0.3) is 0 Å². The van der Waals surface area contributed by atoms with Gasteiger partial charge in [-0.3, -0.25) is 4.79 Å². The molecule has 1 aliphatic carbocycles. The fraction of sp³-hybridized carbons (Fsp3) is 0.444. The molecule has 0 atom stereocenters. The number of methoxy groups -OCH3 is 1. The second-order valence-corrected chi connectivity index (χ2v) is 7.11. The van der Waals surface area contributed by atoms with Crippen LogP contribution in [0.1, 0.15) is 42.5 Å². The maximum absolute atomic E-state index is 12.5. The number of esters is 1. The Kier molecular flexibility index (Phi) is 5.04. The third-order valence-corrected chi connectivity index (χ3v) is 5.42. The van der Waals surface area contributed by atoms with Crippen molar-refractivity contribution in [3.8, 4) is 10.8 Å². The van der Waals surface area contributed by atoms with Crippen molar-refractivity contribution in [1.82, 2.24) is 0 Å². The number of hydrogen-bond acceptors (Lipinski definition) is 6. The average Bonchev–Trinajstić information content (AvgIpc) is 2.61. The van der Waals surface area contributed by atoms with E-state index in [4.69, 9.17) is 4.74 Å². The summed E-state index contributed by atoms with van der Waals surface area (Å²) >= 11 is 0.980. The molecule has 0 amide bonds.